The number of hydrogen-bond donors (Lipinski definition) is 1. The average molecular weight is 258 g/mol. The third kappa shape index (κ3) is 2.46. The highest BCUT2D eigenvalue weighted by Gasteiger charge is 2.31. The molecule has 0 radical (unpaired) electrons. The van der Waals surface area contributed by atoms with Gasteiger partial charge in [-0.3, -0.25) is 4.79 Å². The predicted molar refractivity (Wildman–Crippen MR) is 77.2 cm³/mol. The highest BCUT2D eigenvalue weighted by atomic mass is 16.2. The first-order valence-electron chi connectivity index (χ1n) is 7.37. The highest BCUT2D eigenvalue weighted by molar-refractivity contribution is 5.87. The number of fused-ring (bicyclic) bond motifs is 1. The molecule has 19 heavy (non-hydrogen) atoms. The zero-order valence-corrected chi connectivity index (χ0v) is 11.6. The molecule has 3 heteroatoms. The standard InChI is InChI=1S/C16H22N2O/c1-18(13-8-3-2-4-9-13)16(19)15-11-12-7-5-6-10-14(12)17-15/h5-7,10,13,15,17H,2-4,8-9,11H2,1H3/t15-/m0/s1. The van der Waals surface area contributed by atoms with E-state index in [1.54, 1.807) is 0 Å². The van der Waals surface area contributed by atoms with Gasteiger partial charge in [0, 0.05) is 25.2 Å². The zero-order valence-electron chi connectivity index (χ0n) is 11.6. The fraction of sp³-hybridized carbons (Fsp3) is 0.562. The minimum Gasteiger partial charge on any atom is -0.373 e. The van der Waals surface area contributed by atoms with Crippen LogP contribution in [0.25, 0.3) is 0 Å². The smallest absolute Gasteiger partial charge is 0.245 e. The lowest BCUT2D eigenvalue weighted by atomic mass is 9.94. The molecule has 102 valence electrons. The Kier molecular flexibility index (Phi) is 3.45. The molecule has 1 aliphatic heterocycles. The molecule has 1 saturated carbocycles. The average Bonchev–Trinajstić information content (AvgIpc) is 2.90. The van der Waals surface area contributed by atoms with E-state index in [9.17, 15) is 4.79 Å². The Hall–Kier alpha value is -1.51. The number of hydrogen-bond acceptors (Lipinski definition) is 2. The molecule has 3 rings (SSSR count). The van der Waals surface area contributed by atoms with Gasteiger partial charge in [-0.2, -0.15) is 0 Å². The van der Waals surface area contributed by atoms with Gasteiger partial charge in [0.15, 0.2) is 0 Å². The van der Waals surface area contributed by atoms with Gasteiger partial charge in [-0.05, 0) is 24.5 Å². The molecule has 1 aliphatic carbocycles. The molecular formula is C16H22N2O. The fourth-order valence-corrected chi connectivity index (χ4v) is 3.34. The van der Waals surface area contributed by atoms with Crippen molar-refractivity contribution in [3.05, 3.63) is 29.8 Å². The number of carbonyl (C=O) groups excluding carboxylic acids is 1. The quantitative estimate of drug-likeness (QED) is 0.884. The summed E-state index contributed by atoms with van der Waals surface area (Å²) in [4.78, 5) is 14.6. The lowest BCUT2D eigenvalue weighted by Crippen LogP contribution is -2.45. The van der Waals surface area contributed by atoms with Crippen LogP contribution in [-0.2, 0) is 11.2 Å². The summed E-state index contributed by atoms with van der Waals surface area (Å²) in [6.45, 7) is 0. The van der Waals surface area contributed by atoms with E-state index in [4.69, 9.17) is 0 Å². The van der Waals surface area contributed by atoms with Crippen molar-refractivity contribution in [3.63, 3.8) is 0 Å². The van der Waals surface area contributed by atoms with Crippen LogP contribution in [0.5, 0.6) is 0 Å². The van der Waals surface area contributed by atoms with Crippen LogP contribution in [0, 0.1) is 0 Å². The third-order valence-electron chi connectivity index (χ3n) is 4.54. The SMILES string of the molecule is CN(C(=O)[C@@H]1Cc2ccccc2N1)C1CCCCC1. The first kappa shape index (κ1) is 12.5. The summed E-state index contributed by atoms with van der Waals surface area (Å²) in [5, 5.41) is 3.36. The van der Waals surface area contributed by atoms with E-state index in [0.29, 0.717) is 6.04 Å². The molecule has 0 bridgehead atoms. The molecule has 3 nitrogen and oxygen atoms in total. The van der Waals surface area contributed by atoms with Gasteiger partial charge in [0.1, 0.15) is 6.04 Å². The van der Waals surface area contributed by atoms with Gasteiger partial charge in [-0.1, -0.05) is 37.5 Å². The molecule has 2 aliphatic rings. The Morgan fingerprint density at radius 1 is 1.21 bits per heavy atom. The maximum Gasteiger partial charge on any atom is 0.245 e. The van der Waals surface area contributed by atoms with Crippen molar-refractivity contribution in [2.24, 2.45) is 0 Å². The summed E-state index contributed by atoms with van der Waals surface area (Å²) >= 11 is 0. The summed E-state index contributed by atoms with van der Waals surface area (Å²) < 4.78 is 0. The maximum atomic E-state index is 12.6. The van der Waals surface area contributed by atoms with Crippen LogP contribution in [-0.4, -0.2) is 29.9 Å². The number of nitrogens with one attached hydrogen (secondary N) is 1. The lowest BCUT2D eigenvalue weighted by molar-refractivity contribution is -0.133. The maximum absolute atomic E-state index is 12.6. The molecule has 1 atom stereocenters. The number of likely N-dealkylation sites (N-methyl/N-ethyl adjacent to an activating group) is 1. The zero-order chi connectivity index (χ0) is 13.2. The first-order valence-corrected chi connectivity index (χ1v) is 7.37. The van der Waals surface area contributed by atoms with Gasteiger partial charge < -0.3 is 10.2 Å². The summed E-state index contributed by atoms with van der Waals surface area (Å²) in [6.07, 6.45) is 7.02. The largest absolute Gasteiger partial charge is 0.373 e. The Labute approximate surface area is 115 Å². The molecule has 1 aromatic rings. The van der Waals surface area contributed by atoms with Gasteiger partial charge >= 0.3 is 0 Å². The van der Waals surface area contributed by atoms with Crippen molar-refractivity contribution in [3.8, 4) is 0 Å². The molecule has 1 heterocycles. The van der Waals surface area contributed by atoms with Crippen LogP contribution in [0.3, 0.4) is 0 Å². The normalized spacial score (nSPS) is 22.7. The van der Waals surface area contributed by atoms with Crippen LogP contribution < -0.4 is 5.32 Å². The summed E-state index contributed by atoms with van der Waals surface area (Å²) in [5.74, 6) is 0.253. The van der Waals surface area contributed by atoms with Crippen molar-refractivity contribution in [2.45, 2.75) is 50.6 Å². The van der Waals surface area contributed by atoms with Crippen molar-refractivity contribution < 1.29 is 4.79 Å². The molecule has 1 aromatic carbocycles. The summed E-state index contributed by atoms with van der Waals surface area (Å²) in [7, 11) is 1.98. The Morgan fingerprint density at radius 3 is 2.68 bits per heavy atom. The molecule has 0 spiro atoms. The van der Waals surface area contributed by atoms with Crippen LogP contribution in [0.15, 0.2) is 24.3 Å². The second-order valence-corrected chi connectivity index (χ2v) is 5.80. The van der Waals surface area contributed by atoms with E-state index in [1.807, 2.05) is 24.1 Å². The van der Waals surface area contributed by atoms with Gasteiger partial charge in [0.2, 0.25) is 5.91 Å². The van der Waals surface area contributed by atoms with E-state index in [1.165, 1.54) is 37.7 Å². The lowest BCUT2D eigenvalue weighted by Gasteiger charge is -2.33. The highest BCUT2D eigenvalue weighted by Crippen LogP contribution is 2.28. The van der Waals surface area contributed by atoms with Gasteiger partial charge in [-0.25, -0.2) is 0 Å². The second-order valence-electron chi connectivity index (χ2n) is 5.80. The fourth-order valence-electron chi connectivity index (χ4n) is 3.34. The second kappa shape index (κ2) is 5.24. The van der Waals surface area contributed by atoms with Gasteiger partial charge in [0.25, 0.3) is 0 Å². The predicted octanol–water partition coefficient (Wildman–Crippen LogP) is 2.81. The number of para-hydroxylation sites is 1. The summed E-state index contributed by atoms with van der Waals surface area (Å²) in [5.41, 5.74) is 2.38. The third-order valence-corrected chi connectivity index (χ3v) is 4.54. The minimum atomic E-state index is -0.0654. The van der Waals surface area contributed by atoms with Crippen molar-refractivity contribution >= 4 is 11.6 Å². The van der Waals surface area contributed by atoms with Crippen LogP contribution in [0.4, 0.5) is 5.69 Å². The molecule has 1 N–H and O–H groups in total. The molecule has 1 fully saturated rings. The minimum absolute atomic E-state index is 0.0654. The molecule has 0 aromatic heterocycles. The number of benzene rings is 1. The Balaban J connectivity index is 1.65. The monoisotopic (exact) mass is 258 g/mol. The summed E-state index contributed by atoms with van der Waals surface area (Å²) in [6, 6.07) is 8.61. The van der Waals surface area contributed by atoms with E-state index in [2.05, 4.69) is 17.4 Å². The Bertz CT molecular complexity index is 441. The van der Waals surface area contributed by atoms with E-state index in [-0.39, 0.29) is 11.9 Å². The number of carbonyl (C=O) groups is 1. The number of nitrogens with zero attached hydrogens (tertiary/aromatic N) is 1. The van der Waals surface area contributed by atoms with E-state index >= 15 is 0 Å². The van der Waals surface area contributed by atoms with E-state index in [0.717, 1.165) is 12.1 Å². The molecule has 1 amide bonds. The van der Waals surface area contributed by atoms with Crippen molar-refractivity contribution in [1.29, 1.82) is 0 Å². The van der Waals surface area contributed by atoms with Crippen molar-refractivity contribution in [2.75, 3.05) is 12.4 Å². The Morgan fingerprint density at radius 2 is 1.95 bits per heavy atom. The molecule has 0 saturated heterocycles. The van der Waals surface area contributed by atoms with Crippen molar-refractivity contribution in [1.82, 2.24) is 4.90 Å². The van der Waals surface area contributed by atoms with E-state index < -0.39 is 0 Å². The van der Waals surface area contributed by atoms with Crippen LogP contribution in [0.2, 0.25) is 0 Å². The van der Waals surface area contributed by atoms with Crippen LogP contribution in [0.1, 0.15) is 37.7 Å². The number of anilines is 1. The number of rotatable bonds is 2. The number of amides is 1. The molecule has 0 unspecified atom stereocenters. The van der Waals surface area contributed by atoms with Gasteiger partial charge in [-0.15, -0.1) is 0 Å². The van der Waals surface area contributed by atoms with Crippen LogP contribution >= 0.6 is 0 Å². The first-order chi connectivity index (χ1) is 9.25. The van der Waals surface area contributed by atoms with Gasteiger partial charge in [0.05, 0.1) is 0 Å². The molecular weight excluding hydrogens is 236 g/mol. The topological polar surface area (TPSA) is 32.3 Å².